The summed E-state index contributed by atoms with van der Waals surface area (Å²) in [4.78, 5) is 0. The molecule has 1 aromatic heterocycles. The Kier molecular flexibility index (Phi) is 4.71. The molecule has 0 aliphatic carbocycles. The molecule has 0 saturated carbocycles. The monoisotopic (exact) mass is 418 g/mol. The first-order valence-electron chi connectivity index (χ1n) is 8.85. The van der Waals surface area contributed by atoms with Crippen LogP contribution in [0.25, 0.3) is 22.0 Å². The van der Waals surface area contributed by atoms with Gasteiger partial charge in [-0.1, -0.05) is 0 Å². The number of aryl methyl sites for hydroxylation is 2. The second kappa shape index (κ2) is 7.09. The van der Waals surface area contributed by atoms with E-state index in [1.165, 1.54) is 7.11 Å². The molecule has 0 atom stereocenters. The van der Waals surface area contributed by atoms with Gasteiger partial charge in [-0.05, 0) is 29.8 Å². The van der Waals surface area contributed by atoms with Gasteiger partial charge in [-0.15, -0.1) is 0 Å². The topological polar surface area (TPSA) is 102 Å². The number of rotatable bonds is 5. The maximum atomic E-state index is 11.0. The quantitative estimate of drug-likeness (QED) is 0.272. The lowest BCUT2D eigenvalue weighted by atomic mass is 9.95. The Labute approximate surface area is 168 Å². The van der Waals surface area contributed by atoms with E-state index in [0.717, 1.165) is 33.3 Å². The van der Waals surface area contributed by atoms with Gasteiger partial charge >= 0.3 is 5.75 Å². The third kappa shape index (κ3) is 3.43. The molecule has 0 saturated heterocycles. The molecule has 0 amide bonds. The normalized spacial score (nSPS) is 12.8. The molecule has 0 unspecified atom stereocenters. The van der Waals surface area contributed by atoms with Crippen molar-refractivity contribution in [3.05, 3.63) is 42.1 Å². The molecule has 2 heterocycles. The molecule has 9 heteroatoms. The predicted octanol–water partition coefficient (Wildman–Crippen LogP) is 2.08. The van der Waals surface area contributed by atoms with Crippen molar-refractivity contribution < 1.29 is 35.9 Å². The molecule has 4 rings (SSSR count). The summed E-state index contributed by atoms with van der Waals surface area (Å²) in [5, 5.41) is 1.97. The Morgan fingerprint density at radius 2 is 1.83 bits per heavy atom. The van der Waals surface area contributed by atoms with Gasteiger partial charge in [0, 0.05) is 17.9 Å². The highest BCUT2D eigenvalue weighted by Gasteiger charge is 2.28. The van der Waals surface area contributed by atoms with E-state index in [1.807, 2.05) is 24.4 Å². The zero-order valence-corrected chi connectivity index (χ0v) is 16.9. The van der Waals surface area contributed by atoms with Gasteiger partial charge in [-0.2, -0.15) is 4.57 Å². The number of aromatic hydroxyl groups is 1. The number of aromatic nitrogens is 1. The van der Waals surface area contributed by atoms with E-state index < -0.39 is 10.4 Å². The van der Waals surface area contributed by atoms with Gasteiger partial charge in [-0.3, -0.25) is 0 Å². The minimum atomic E-state index is -4.90. The Balaban J connectivity index is 1.91. The molecule has 0 spiro atoms. The van der Waals surface area contributed by atoms with Crippen LogP contribution in [0.5, 0.6) is 23.0 Å². The molecule has 3 aromatic rings. The number of hydrogen-bond donors (Lipinski definition) is 0. The van der Waals surface area contributed by atoms with Crippen molar-refractivity contribution in [2.24, 2.45) is 0 Å². The van der Waals surface area contributed by atoms with Gasteiger partial charge in [0.2, 0.25) is 11.4 Å². The maximum absolute atomic E-state index is 11.0. The number of nitrogens with zero attached hydrogens (tertiary/aromatic N) is 1. The molecule has 1 N–H and O–H groups in total. The Morgan fingerprint density at radius 3 is 2.48 bits per heavy atom. The van der Waals surface area contributed by atoms with Crippen LogP contribution in [0.15, 0.2) is 36.5 Å². The fourth-order valence-electron chi connectivity index (χ4n) is 3.76. The molecule has 1 aliphatic rings. The summed E-state index contributed by atoms with van der Waals surface area (Å²) in [7, 11) is -0.158. The van der Waals surface area contributed by atoms with Gasteiger partial charge < -0.3 is 22.9 Å². The highest BCUT2D eigenvalue weighted by Crippen LogP contribution is 2.40. The van der Waals surface area contributed by atoms with Crippen LogP contribution in [-0.4, -0.2) is 39.0 Å². The van der Waals surface area contributed by atoms with Crippen LogP contribution in [0.3, 0.4) is 0 Å². The lowest BCUT2D eigenvalue weighted by molar-refractivity contribution is -0.686. The first-order valence-corrected chi connectivity index (χ1v) is 10.2. The van der Waals surface area contributed by atoms with Gasteiger partial charge in [-0.25, -0.2) is 8.42 Å². The van der Waals surface area contributed by atoms with Crippen LogP contribution in [0.1, 0.15) is 5.56 Å². The number of benzene rings is 2. The standard InChI is InChI=1S/C20H19NO7S/c1-25-17-5-4-12-8-16-14-10-18(26-2)19(28-29(22,23)24)9-13(14)6-7-21(16)11-15(12)20(17)27-3/h4-5,8-11H,6-7H2,1-3H3/p+1. The lowest BCUT2D eigenvalue weighted by Gasteiger charge is -2.19. The summed E-state index contributed by atoms with van der Waals surface area (Å²) in [6.45, 7) is 0.675. The summed E-state index contributed by atoms with van der Waals surface area (Å²) in [6, 6.07) is 9.14. The van der Waals surface area contributed by atoms with Gasteiger partial charge in [0.15, 0.2) is 31.4 Å². The van der Waals surface area contributed by atoms with Crippen molar-refractivity contribution in [1.29, 1.82) is 0 Å². The summed E-state index contributed by atoms with van der Waals surface area (Å²) in [6.07, 6.45) is 2.68. The van der Waals surface area contributed by atoms with E-state index in [0.29, 0.717) is 18.7 Å². The van der Waals surface area contributed by atoms with Crippen molar-refractivity contribution in [2.45, 2.75) is 13.0 Å². The zero-order chi connectivity index (χ0) is 20.8. The Bertz CT molecular complexity index is 1220. The van der Waals surface area contributed by atoms with Crippen molar-refractivity contribution in [3.8, 4) is 34.3 Å². The van der Waals surface area contributed by atoms with E-state index in [-0.39, 0.29) is 11.5 Å². The van der Waals surface area contributed by atoms with Crippen LogP contribution < -0.4 is 18.2 Å². The van der Waals surface area contributed by atoms with Gasteiger partial charge in [0.1, 0.15) is 5.39 Å². The van der Waals surface area contributed by atoms with E-state index in [9.17, 15) is 13.0 Å². The average Bonchev–Trinajstić information content (AvgIpc) is 2.69. The average molecular weight is 418 g/mol. The summed E-state index contributed by atoms with van der Waals surface area (Å²) in [5.41, 5.74) is 2.70. The molecule has 152 valence electrons. The highest BCUT2D eigenvalue weighted by molar-refractivity contribution is 7.81. The third-order valence-electron chi connectivity index (χ3n) is 5.02. The number of pyridine rings is 1. The SMILES string of the molecule is COc1cc2c(cc1OS(=O)(=O)[O-])CC[n+]1cc3c([OH+]C)c(OC)ccc3cc1-2. The largest absolute Gasteiger partial charge is 0.716 e. The molecular formula is C20H20NO7S+. The Morgan fingerprint density at radius 1 is 1.07 bits per heavy atom. The summed E-state index contributed by atoms with van der Waals surface area (Å²) >= 11 is 0. The smallest absolute Gasteiger partial charge is 0.311 e. The first-order chi connectivity index (χ1) is 13.8. The van der Waals surface area contributed by atoms with E-state index in [1.54, 1.807) is 26.4 Å². The van der Waals surface area contributed by atoms with E-state index in [2.05, 4.69) is 13.5 Å². The van der Waals surface area contributed by atoms with Crippen molar-refractivity contribution in [2.75, 3.05) is 21.3 Å². The van der Waals surface area contributed by atoms with E-state index in [4.69, 9.17) is 9.47 Å². The third-order valence-corrected chi connectivity index (χ3v) is 5.41. The van der Waals surface area contributed by atoms with Crippen molar-refractivity contribution in [1.82, 2.24) is 0 Å². The summed E-state index contributed by atoms with van der Waals surface area (Å²) < 4.78 is 54.8. The number of aliphatic hydroxyl groups is 1. The number of ether oxygens (including phenoxy) is 3. The molecular weight excluding hydrogens is 398 g/mol. The van der Waals surface area contributed by atoms with Crippen molar-refractivity contribution in [3.63, 3.8) is 0 Å². The minimum absolute atomic E-state index is 0.104. The molecule has 1 aliphatic heterocycles. The minimum Gasteiger partial charge on any atom is -0.716 e. The van der Waals surface area contributed by atoms with Crippen LogP contribution in [-0.2, 0) is 23.4 Å². The van der Waals surface area contributed by atoms with Gasteiger partial charge in [0.05, 0.1) is 19.8 Å². The van der Waals surface area contributed by atoms with Gasteiger partial charge in [0.25, 0.3) is 10.4 Å². The van der Waals surface area contributed by atoms with Crippen molar-refractivity contribution >= 4 is 21.2 Å². The lowest BCUT2D eigenvalue weighted by Crippen LogP contribution is -2.40. The Hall–Kier alpha value is -3.04. The highest BCUT2D eigenvalue weighted by atomic mass is 32.3. The number of fused-ring (bicyclic) bond motifs is 4. The van der Waals surface area contributed by atoms with Crippen LogP contribution >= 0.6 is 0 Å². The number of hydrogen-bond acceptors (Lipinski definition) is 6. The molecule has 8 nitrogen and oxygen atoms in total. The molecule has 29 heavy (non-hydrogen) atoms. The zero-order valence-electron chi connectivity index (χ0n) is 16.1. The summed E-state index contributed by atoms with van der Waals surface area (Å²) in [5.74, 6) is 1.56. The van der Waals surface area contributed by atoms with Crippen LogP contribution in [0.4, 0.5) is 0 Å². The number of methoxy groups -OCH3 is 2. The fourth-order valence-corrected chi connectivity index (χ4v) is 4.11. The molecule has 2 aromatic carbocycles. The van der Waals surface area contributed by atoms with Crippen LogP contribution in [0.2, 0.25) is 0 Å². The molecule has 0 radical (unpaired) electrons. The fraction of sp³-hybridized carbons (Fsp3) is 0.250. The molecule has 0 fully saturated rings. The van der Waals surface area contributed by atoms with E-state index >= 15 is 0 Å². The first kappa shape index (κ1) is 19.3. The molecule has 0 bridgehead atoms. The predicted molar refractivity (Wildman–Crippen MR) is 104 cm³/mol. The second-order valence-electron chi connectivity index (χ2n) is 6.60. The maximum Gasteiger partial charge on any atom is 0.311 e. The van der Waals surface area contributed by atoms with Crippen LogP contribution in [0, 0.1) is 0 Å². The second-order valence-corrected chi connectivity index (χ2v) is 7.58.